The number of hydrogen-bond donors (Lipinski definition) is 0. The fraction of sp³-hybridized carbons (Fsp3) is 0.333. The molecule has 0 aliphatic heterocycles. The van der Waals surface area contributed by atoms with Crippen molar-refractivity contribution in [2.45, 2.75) is 58.9 Å². The molecule has 0 N–H and O–H groups in total. The van der Waals surface area contributed by atoms with Gasteiger partial charge >= 0.3 is 15.6 Å². The third kappa shape index (κ3) is 14.6. The molecule has 0 bridgehead atoms. The summed E-state index contributed by atoms with van der Waals surface area (Å²) >= 11 is 0. The third-order valence-corrected chi connectivity index (χ3v) is 14.6. The molecule has 0 radical (unpaired) electrons. The molecular weight excluding hydrogens is 598 g/mol. The molecule has 0 aromatic heterocycles. The molecule has 0 heterocycles. The van der Waals surface area contributed by atoms with Gasteiger partial charge in [0, 0.05) is 0 Å². The van der Waals surface area contributed by atoms with Crippen LogP contribution < -0.4 is 13.6 Å². The Morgan fingerprint density at radius 2 is 0.625 bits per heavy atom. The first-order chi connectivity index (χ1) is 18.4. The minimum absolute atomic E-state index is 0.405. The van der Waals surface area contributed by atoms with E-state index in [-0.39, 0.29) is 0 Å². The van der Waals surface area contributed by atoms with Gasteiger partial charge in [0.15, 0.2) is 25.0 Å². The number of rotatable bonds is 12. The number of benzene rings is 3. The summed E-state index contributed by atoms with van der Waals surface area (Å²) in [6.45, 7) is 17.9. The van der Waals surface area contributed by atoms with E-state index in [2.05, 4.69) is 0 Å². The molecule has 40 heavy (non-hydrogen) atoms. The Hall–Kier alpha value is -1.95. The van der Waals surface area contributed by atoms with Gasteiger partial charge in [-0.1, -0.05) is 54.6 Å². The number of hydrogen-bond acceptors (Lipinski definition) is 8. The molecule has 0 amide bonds. The third-order valence-electron chi connectivity index (χ3n) is 4.04. The van der Waals surface area contributed by atoms with Crippen molar-refractivity contribution in [2.75, 3.05) is 0 Å². The van der Waals surface area contributed by atoms with Crippen LogP contribution in [0.5, 0.6) is 17.2 Å². The quantitative estimate of drug-likeness (QED) is 0.143. The van der Waals surface area contributed by atoms with Crippen molar-refractivity contribution in [1.29, 1.82) is 0 Å². The van der Waals surface area contributed by atoms with Crippen LogP contribution in [0.15, 0.2) is 91.0 Å². The van der Waals surface area contributed by atoms with Crippen molar-refractivity contribution in [3.63, 3.8) is 0 Å². The maximum atomic E-state index is 13.1. The molecule has 8 nitrogen and oxygen atoms in total. The molecule has 0 unspecified atom stereocenters. The first kappa shape index (κ1) is 34.3. The molecule has 0 saturated heterocycles. The van der Waals surface area contributed by atoms with E-state index in [0.717, 1.165) is 0 Å². The molecule has 0 spiro atoms. The largest absolute Gasteiger partial charge is 0.647 e. The highest BCUT2D eigenvalue weighted by molar-refractivity contribution is 7.53. The van der Waals surface area contributed by atoms with Crippen molar-refractivity contribution >= 4 is 40.6 Å². The first-order valence-corrected chi connectivity index (χ1v) is 26.1. The van der Waals surface area contributed by atoms with Gasteiger partial charge in [0.2, 0.25) is 0 Å². The van der Waals surface area contributed by atoms with E-state index in [9.17, 15) is 9.13 Å². The van der Waals surface area contributed by atoms with Gasteiger partial charge in [-0.05, 0) is 95.3 Å². The molecule has 13 heteroatoms. The second-order valence-electron chi connectivity index (χ2n) is 11.7. The Balaban J connectivity index is 0.000000296. The summed E-state index contributed by atoms with van der Waals surface area (Å²) in [6.07, 6.45) is 0. The van der Waals surface area contributed by atoms with E-state index < -0.39 is 40.6 Å². The minimum Gasteiger partial charge on any atom is -0.386 e. The molecule has 0 aliphatic rings. The van der Waals surface area contributed by atoms with Gasteiger partial charge in [-0.3, -0.25) is 0 Å². The number of phosphoric ester groups is 1. The van der Waals surface area contributed by atoms with Gasteiger partial charge in [0.25, 0.3) is 0 Å². The maximum Gasteiger partial charge on any atom is 0.647 e. The van der Waals surface area contributed by atoms with Crippen LogP contribution >= 0.6 is 15.6 Å². The SMILES string of the molecule is C[Si](C)(C)OP(=O)(O[Si](C)(C)C)O[Si](C)(C)C.O=P(Oc1ccccc1)(Oc1ccccc1)Oc1ccccc1. The lowest BCUT2D eigenvalue weighted by Crippen LogP contribution is -2.34. The van der Waals surface area contributed by atoms with Crippen LogP contribution in [0.1, 0.15) is 0 Å². The van der Waals surface area contributed by atoms with Crippen molar-refractivity contribution in [1.82, 2.24) is 0 Å². The van der Waals surface area contributed by atoms with Gasteiger partial charge in [0.1, 0.15) is 17.2 Å². The Kier molecular flexibility index (Phi) is 12.2. The summed E-state index contributed by atoms with van der Waals surface area (Å²) in [6, 6.07) is 26.4. The standard InChI is InChI=1S/C18H15O4P.C9H27O4PSi3/c19-23(20-16-10-4-1-5-11-16,21-17-12-6-2-7-13-17)22-18-14-8-3-9-15-18;1-15(2,3)11-14(10,12-16(4,5)6)13-17(7,8)9/h1-15H;1-9H3. The topological polar surface area (TPSA) is 89.5 Å². The van der Waals surface area contributed by atoms with Crippen molar-refractivity contribution in [3.8, 4) is 17.2 Å². The smallest absolute Gasteiger partial charge is 0.386 e. The fourth-order valence-electron chi connectivity index (χ4n) is 2.95. The monoisotopic (exact) mass is 640 g/mol. The lowest BCUT2D eigenvalue weighted by Gasteiger charge is -2.33. The predicted molar refractivity (Wildman–Crippen MR) is 170 cm³/mol. The minimum atomic E-state index is -3.89. The normalized spacial score (nSPS) is 12.6. The van der Waals surface area contributed by atoms with Gasteiger partial charge in [-0.25, -0.2) is 4.57 Å². The zero-order valence-corrected chi connectivity index (χ0v) is 29.6. The van der Waals surface area contributed by atoms with E-state index in [1.165, 1.54) is 0 Å². The van der Waals surface area contributed by atoms with E-state index >= 15 is 0 Å². The highest BCUT2D eigenvalue weighted by atomic mass is 31.2. The molecule has 0 atom stereocenters. The molecule has 3 rings (SSSR count). The Labute approximate surface area is 242 Å². The predicted octanol–water partition coefficient (Wildman–Crippen LogP) is 9.98. The van der Waals surface area contributed by atoms with Gasteiger partial charge in [-0.15, -0.1) is 0 Å². The summed E-state index contributed by atoms with van der Waals surface area (Å²) in [5.74, 6) is 1.22. The zero-order valence-electron chi connectivity index (χ0n) is 24.8. The molecule has 3 aromatic carbocycles. The van der Waals surface area contributed by atoms with Crippen LogP contribution in [0, 0.1) is 0 Å². The number of phosphoric acid groups is 2. The second kappa shape index (κ2) is 14.3. The van der Waals surface area contributed by atoms with Crippen molar-refractivity contribution in [2.24, 2.45) is 0 Å². The lowest BCUT2D eigenvalue weighted by molar-refractivity contribution is 0.292. The van der Waals surface area contributed by atoms with Gasteiger partial charge < -0.3 is 26.2 Å². The summed E-state index contributed by atoms with van der Waals surface area (Å²) in [5.41, 5.74) is 0. The number of para-hydroxylation sites is 3. The van der Waals surface area contributed by atoms with Crippen molar-refractivity contribution in [3.05, 3.63) is 91.0 Å². The highest BCUT2D eigenvalue weighted by Crippen LogP contribution is 2.56. The zero-order chi connectivity index (χ0) is 30.1. The van der Waals surface area contributed by atoms with Crippen LogP contribution in [0.4, 0.5) is 0 Å². The average molecular weight is 641 g/mol. The Bertz CT molecular complexity index is 1100. The first-order valence-electron chi connectivity index (χ1n) is 12.9. The molecule has 0 saturated carbocycles. The Morgan fingerprint density at radius 3 is 0.825 bits per heavy atom. The van der Waals surface area contributed by atoms with Gasteiger partial charge in [0.05, 0.1) is 0 Å². The molecular formula is C27H42O8P2Si3. The van der Waals surface area contributed by atoms with Crippen LogP contribution in [-0.2, 0) is 21.8 Å². The van der Waals surface area contributed by atoms with Crippen LogP contribution in [0.3, 0.4) is 0 Å². The molecule has 220 valence electrons. The molecule has 3 aromatic rings. The highest BCUT2D eigenvalue weighted by Gasteiger charge is 2.41. The second-order valence-corrected chi connectivity index (χ2v) is 28.9. The van der Waals surface area contributed by atoms with Gasteiger partial charge in [-0.2, -0.15) is 4.57 Å². The van der Waals surface area contributed by atoms with Crippen LogP contribution in [0.2, 0.25) is 58.9 Å². The lowest BCUT2D eigenvalue weighted by atomic mass is 10.3. The summed E-state index contributed by atoms with van der Waals surface area (Å²) in [5, 5.41) is 0. The van der Waals surface area contributed by atoms with Crippen LogP contribution in [0.25, 0.3) is 0 Å². The Morgan fingerprint density at radius 1 is 0.400 bits per heavy atom. The fourth-order valence-corrected chi connectivity index (χ4v) is 13.7. The average Bonchev–Trinajstić information content (AvgIpc) is 2.77. The van der Waals surface area contributed by atoms with Crippen LogP contribution in [-0.4, -0.2) is 25.0 Å². The van der Waals surface area contributed by atoms with E-state index in [1.807, 2.05) is 77.1 Å². The maximum absolute atomic E-state index is 13.1. The van der Waals surface area contributed by atoms with E-state index in [4.69, 9.17) is 26.2 Å². The van der Waals surface area contributed by atoms with Crippen molar-refractivity contribution < 1.29 is 35.3 Å². The molecule has 0 aliphatic carbocycles. The summed E-state index contributed by atoms with van der Waals surface area (Å²) < 4.78 is 59.4. The van der Waals surface area contributed by atoms with E-state index in [1.54, 1.807) is 72.8 Å². The van der Waals surface area contributed by atoms with E-state index in [0.29, 0.717) is 17.2 Å². The molecule has 0 fully saturated rings. The summed E-state index contributed by atoms with van der Waals surface area (Å²) in [7, 11) is -13.2. The summed E-state index contributed by atoms with van der Waals surface area (Å²) in [4.78, 5) is 0.